The third-order valence-electron chi connectivity index (χ3n) is 2.14. The Bertz CT molecular complexity index is 252. The smallest absolute Gasteiger partial charge is 0.349 e. The Morgan fingerprint density at radius 3 is 1.29 bits per heavy atom. The monoisotopic (exact) mass is 244 g/mol. The first kappa shape index (κ1) is 12.0. The molecule has 4 N–H and O–H groups in total. The van der Waals surface area contributed by atoms with Gasteiger partial charge in [-0.3, -0.25) is 18.9 Å². The summed E-state index contributed by atoms with van der Waals surface area (Å²) in [5.41, 5.74) is 0. The largest absolute Gasteiger partial charge is 0.419 e. The van der Waals surface area contributed by atoms with E-state index in [1.807, 2.05) is 0 Å². The van der Waals surface area contributed by atoms with Crippen LogP contribution in [-0.4, -0.2) is 33.1 Å². The SMILES string of the molecule is C=C1NCOC2(OCN1)OCNC(=C)NCO2. The Balaban J connectivity index is 1.95. The summed E-state index contributed by atoms with van der Waals surface area (Å²) in [7, 11) is 0. The first-order valence-corrected chi connectivity index (χ1v) is 5.09. The van der Waals surface area contributed by atoms with Crippen LogP contribution in [0.15, 0.2) is 24.8 Å². The maximum absolute atomic E-state index is 5.36. The lowest BCUT2D eigenvalue weighted by Crippen LogP contribution is -2.53. The van der Waals surface area contributed by atoms with E-state index in [0.717, 1.165) is 0 Å². The van der Waals surface area contributed by atoms with Crippen LogP contribution in [0.25, 0.3) is 0 Å². The normalized spacial score (nSPS) is 25.2. The maximum Gasteiger partial charge on any atom is 0.419 e. The maximum atomic E-state index is 5.36. The molecule has 0 atom stereocenters. The zero-order chi connectivity index (χ0) is 12.1. The fourth-order valence-corrected chi connectivity index (χ4v) is 1.22. The molecule has 0 aromatic rings. The Labute approximate surface area is 98.9 Å². The number of hydrogen-bond acceptors (Lipinski definition) is 8. The van der Waals surface area contributed by atoms with Crippen molar-refractivity contribution >= 4 is 0 Å². The summed E-state index contributed by atoms with van der Waals surface area (Å²) in [6.07, 6.45) is -1.55. The lowest BCUT2D eigenvalue weighted by atomic mass is 10.7. The van der Waals surface area contributed by atoms with Crippen LogP contribution in [0.1, 0.15) is 0 Å². The second-order valence-electron chi connectivity index (χ2n) is 3.32. The number of ether oxygens (including phenoxy) is 4. The topological polar surface area (TPSA) is 85.0 Å². The Morgan fingerprint density at radius 1 is 0.706 bits per heavy atom. The van der Waals surface area contributed by atoms with Crippen LogP contribution in [0.5, 0.6) is 0 Å². The van der Waals surface area contributed by atoms with E-state index in [1.165, 1.54) is 0 Å². The van der Waals surface area contributed by atoms with E-state index < -0.39 is 6.16 Å². The minimum Gasteiger partial charge on any atom is -0.349 e. The molecule has 0 bridgehead atoms. The second kappa shape index (κ2) is 5.23. The van der Waals surface area contributed by atoms with Gasteiger partial charge in [0.2, 0.25) is 0 Å². The van der Waals surface area contributed by atoms with E-state index in [0.29, 0.717) is 11.6 Å². The van der Waals surface area contributed by atoms with Crippen LogP contribution in [-0.2, 0) is 18.9 Å². The minimum atomic E-state index is -1.55. The number of nitrogens with one attached hydrogen (secondary N) is 4. The highest BCUT2D eigenvalue weighted by molar-refractivity contribution is 4.87. The van der Waals surface area contributed by atoms with Crippen molar-refractivity contribution in [3.63, 3.8) is 0 Å². The van der Waals surface area contributed by atoms with Gasteiger partial charge in [0.15, 0.2) is 0 Å². The molecule has 96 valence electrons. The molecule has 0 unspecified atom stereocenters. The fourth-order valence-electron chi connectivity index (χ4n) is 1.22. The molecule has 2 aliphatic heterocycles. The van der Waals surface area contributed by atoms with E-state index in [1.54, 1.807) is 0 Å². The first-order valence-electron chi connectivity index (χ1n) is 5.09. The molecule has 2 fully saturated rings. The molecule has 0 radical (unpaired) electrons. The van der Waals surface area contributed by atoms with Crippen LogP contribution >= 0.6 is 0 Å². The molecule has 2 heterocycles. The molecular weight excluding hydrogens is 228 g/mol. The van der Waals surface area contributed by atoms with Gasteiger partial charge in [0.25, 0.3) is 0 Å². The molecule has 1 spiro atoms. The first-order chi connectivity index (χ1) is 8.20. The molecule has 8 heteroatoms. The fraction of sp³-hybridized carbons (Fsp3) is 0.556. The van der Waals surface area contributed by atoms with Gasteiger partial charge in [-0.05, 0) is 0 Å². The molecule has 0 aromatic heterocycles. The van der Waals surface area contributed by atoms with Gasteiger partial charge in [-0.15, -0.1) is 0 Å². The molecular formula is C9H16N4O4. The van der Waals surface area contributed by atoms with Crippen molar-refractivity contribution in [2.45, 2.75) is 6.16 Å². The van der Waals surface area contributed by atoms with Gasteiger partial charge >= 0.3 is 6.16 Å². The lowest BCUT2D eigenvalue weighted by Gasteiger charge is -2.35. The van der Waals surface area contributed by atoms with E-state index in [9.17, 15) is 0 Å². The molecule has 8 nitrogen and oxygen atoms in total. The van der Waals surface area contributed by atoms with Gasteiger partial charge < -0.3 is 21.3 Å². The van der Waals surface area contributed by atoms with Crippen molar-refractivity contribution in [1.82, 2.24) is 21.3 Å². The van der Waals surface area contributed by atoms with Crippen molar-refractivity contribution in [3.05, 3.63) is 24.8 Å². The molecule has 2 rings (SSSR count). The summed E-state index contributed by atoms with van der Waals surface area (Å²) in [4.78, 5) is 0. The van der Waals surface area contributed by atoms with E-state index in [-0.39, 0.29) is 26.9 Å². The quantitative estimate of drug-likeness (QED) is 0.424. The molecule has 0 aromatic carbocycles. The average Bonchev–Trinajstić information content (AvgIpc) is 2.23. The van der Waals surface area contributed by atoms with Crippen molar-refractivity contribution in [2.75, 3.05) is 26.9 Å². The highest BCUT2D eigenvalue weighted by Crippen LogP contribution is 2.18. The van der Waals surface area contributed by atoms with Crippen molar-refractivity contribution in [3.8, 4) is 0 Å². The van der Waals surface area contributed by atoms with Crippen LogP contribution in [0.2, 0.25) is 0 Å². The van der Waals surface area contributed by atoms with Crippen LogP contribution in [0, 0.1) is 0 Å². The summed E-state index contributed by atoms with van der Waals surface area (Å²) in [5.74, 6) is 1.21. The van der Waals surface area contributed by atoms with Gasteiger partial charge in [-0.25, -0.2) is 0 Å². The zero-order valence-electron chi connectivity index (χ0n) is 9.38. The summed E-state index contributed by atoms with van der Waals surface area (Å²) >= 11 is 0. The van der Waals surface area contributed by atoms with Crippen LogP contribution < -0.4 is 21.3 Å². The zero-order valence-corrected chi connectivity index (χ0v) is 9.38. The van der Waals surface area contributed by atoms with Gasteiger partial charge in [0.05, 0.1) is 11.6 Å². The Hall–Kier alpha value is -1.48. The van der Waals surface area contributed by atoms with Crippen LogP contribution in [0.4, 0.5) is 0 Å². The lowest BCUT2D eigenvalue weighted by molar-refractivity contribution is -0.506. The van der Waals surface area contributed by atoms with E-state index >= 15 is 0 Å². The number of rotatable bonds is 0. The van der Waals surface area contributed by atoms with Gasteiger partial charge in [0.1, 0.15) is 26.9 Å². The summed E-state index contributed by atoms with van der Waals surface area (Å²) in [5, 5.41) is 11.5. The molecule has 0 aliphatic carbocycles. The Kier molecular flexibility index (Phi) is 3.69. The van der Waals surface area contributed by atoms with Gasteiger partial charge in [0, 0.05) is 0 Å². The van der Waals surface area contributed by atoms with Crippen molar-refractivity contribution in [2.24, 2.45) is 0 Å². The third-order valence-corrected chi connectivity index (χ3v) is 2.14. The molecule has 0 amide bonds. The molecule has 2 aliphatic rings. The highest BCUT2D eigenvalue weighted by Gasteiger charge is 2.38. The summed E-state index contributed by atoms with van der Waals surface area (Å²) in [6, 6.07) is 0. The van der Waals surface area contributed by atoms with Gasteiger partial charge in [-0.1, -0.05) is 13.2 Å². The summed E-state index contributed by atoms with van der Waals surface area (Å²) < 4.78 is 21.5. The number of hydrogen-bond donors (Lipinski definition) is 4. The summed E-state index contributed by atoms with van der Waals surface area (Å²) in [6.45, 7) is 7.97. The van der Waals surface area contributed by atoms with Crippen molar-refractivity contribution < 1.29 is 18.9 Å². The predicted molar refractivity (Wildman–Crippen MR) is 57.4 cm³/mol. The third kappa shape index (κ3) is 3.24. The highest BCUT2D eigenvalue weighted by atomic mass is 17.0. The van der Waals surface area contributed by atoms with Crippen molar-refractivity contribution in [1.29, 1.82) is 0 Å². The average molecular weight is 244 g/mol. The van der Waals surface area contributed by atoms with E-state index in [2.05, 4.69) is 34.4 Å². The predicted octanol–water partition coefficient (Wildman–Crippen LogP) is -1.18. The minimum absolute atomic E-state index is 0.146. The molecule has 0 saturated carbocycles. The van der Waals surface area contributed by atoms with Crippen LogP contribution in [0.3, 0.4) is 0 Å². The second-order valence-corrected chi connectivity index (χ2v) is 3.32. The Morgan fingerprint density at radius 2 is 1.00 bits per heavy atom. The molecule has 2 saturated heterocycles. The molecule has 17 heavy (non-hydrogen) atoms. The van der Waals surface area contributed by atoms with E-state index in [4.69, 9.17) is 18.9 Å². The standard InChI is InChI=1S/C9H16N4O4/c1-7-10-3-14-9(15-4-11-7)16-5-12-8(2)13-6-17-9/h10-13H,1-6H2. The van der Waals surface area contributed by atoms with Gasteiger partial charge in [-0.2, -0.15) is 0 Å².